The van der Waals surface area contributed by atoms with E-state index < -0.39 is 0 Å². The number of hydrogen-bond acceptors (Lipinski definition) is 2. The number of rotatable bonds is 3. The zero-order valence-electron chi connectivity index (χ0n) is 7.23. The van der Waals surface area contributed by atoms with Crippen LogP contribution in [0.25, 0.3) is 0 Å². The molecule has 1 N–H and O–H groups in total. The minimum absolute atomic E-state index is 0.281. The average Bonchev–Trinajstić information content (AvgIpc) is 2.09. The molecule has 1 aromatic carbocycles. The predicted octanol–water partition coefficient (Wildman–Crippen LogP) is 2.27. The molecule has 0 aliphatic heterocycles. The van der Waals surface area contributed by atoms with Crippen LogP contribution in [-0.4, -0.2) is 13.7 Å². The Morgan fingerprint density at radius 1 is 1.50 bits per heavy atom. The summed E-state index contributed by atoms with van der Waals surface area (Å²) in [4.78, 5) is 0. The lowest BCUT2D eigenvalue weighted by atomic mass is 10.3. The van der Waals surface area contributed by atoms with E-state index in [1.165, 1.54) is 13.2 Å². The van der Waals surface area contributed by atoms with E-state index in [1.807, 2.05) is 6.92 Å². The van der Waals surface area contributed by atoms with Gasteiger partial charge in [0.05, 0.1) is 12.8 Å². The molecule has 0 aliphatic rings. The van der Waals surface area contributed by atoms with Crippen LogP contribution in [0, 0.1) is 5.82 Å². The lowest BCUT2D eigenvalue weighted by Crippen LogP contribution is -1.99. The second kappa shape index (κ2) is 3.95. The number of hydrogen-bond donors (Lipinski definition) is 1. The van der Waals surface area contributed by atoms with Crippen molar-refractivity contribution in [2.45, 2.75) is 6.92 Å². The van der Waals surface area contributed by atoms with Gasteiger partial charge in [-0.25, -0.2) is 4.39 Å². The number of benzene rings is 1. The average molecular weight is 169 g/mol. The maximum absolute atomic E-state index is 13.1. The van der Waals surface area contributed by atoms with Crippen LogP contribution in [0.1, 0.15) is 6.92 Å². The first-order valence-electron chi connectivity index (χ1n) is 3.85. The molecule has 0 bridgehead atoms. The molecule has 66 valence electrons. The molecule has 0 fully saturated rings. The number of halogens is 1. The molecule has 0 heterocycles. The minimum atomic E-state index is -0.281. The number of nitrogens with one attached hydrogen (secondary N) is 1. The van der Waals surface area contributed by atoms with E-state index in [-0.39, 0.29) is 5.82 Å². The molecule has 0 aromatic heterocycles. The van der Waals surface area contributed by atoms with E-state index in [4.69, 9.17) is 4.74 Å². The highest BCUT2D eigenvalue weighted by Gasteiger charge is 2.01. The molecule has 0 unspecified atom stereocenters. The Morgan fingerprint density at radius 3 is 2.75 bits per heavy atom. The Bertz CT molecular complexity index is 263. The Hall–Kier alpha value is -1.25. The summed E-state index contributed by atoms with van der Waals surface area (Å²) in [6.45, 7) is 2.63. The first-order valence-corrected chi connectivity index (χ1v) is 3.85. The first-order chi connectivity index (χ1) is 5.77. The fourth-order valence-corrected chi connectivity index (χ4v) is 0.957. The first kappa shape index (κ1) is 8.84. The van der Waals surface area contributed by atoms with Crippen molar-refractivity contribution in [3.63, 3.8) is 0 Å². The molecule has 0 atom stereocenters. The summed E-state index contributed by atoms with van der Waals surface area (Å²) >= 11 is 0. The molecule has 0 aliphatic carbocycles. The second-order valence-electron chi connectivity index (χ2n) is 2.38. The van der Waals surface area contributed by atoms with Gasteiger partial charge in [0.15, 0.2) is 0 Å². The molecule has 0 saturated carbocycles. The van der Waals surface area contributed by atoms with Gasteiger partial charge in [0.25, 0.3) is 0 Å². The quantitative estimate of drug-likeness (QED) is 0.749. The molecule has 1 aromatic rings. The highest BCUT2D eigenvalue weighted by molar-refractivity contribution is 5.47. The summed E-state index contributed by atoms with van der Waals surface area (Å²) in [7, 11) is 1.52. The summed E-state index contributed by atoms with van der Waals surface area (Å²) in [6.07, 6.45) is 0. The molecule has 1 rings (SSSR count). The lowest BCUT2D eigenvalue weighted by Gasteiger charge is -2.05. The van der Waals surface area contributed by atoms with Crippen LogP contribution in [0.15, 0.2) is 18.2 Å². The summed E-state index contributed by atoms with van der Waals surface area (Å²) in [5.41, 5.74) is 0.512. The number of ether oxygens (including phenoxy) is 1. The van der Waals surface area contributed by atoms with Crippen molar-refractivity contribution in [1.29, 1.82) is 0 Å². The fourth-order valence-electron chi connectivity index (χ4n) is 0.957. The molecule has 0 saturated heterocycles. The highest BCUT2D eigenvalue weighted by Crippen LogP contribution is 2.19. The van der Waals surface area contributed by atoms with Gasteiger partial charge in [-0.1, -0.05) is 0 Å². The van der Waals surface area contributed by atoms with Crippen molar-refractivity contribution in [3.05, 3.63) is 24.0 Å². The van der Waals surface area contributed by atoms with Gasteiger partial charge in [0, 0.05) is 12.6 Å². The van der Waals surface area contributed by atoms with Gasteiger partial charge in [0.1, 0.15) is 11.6 Å². The van der Waals surface area contributed by atoms with Crippen molar-refractivity contribution >= 4 is 5.69 Å². The maximum Gasteiger partial charge on any atom is 0.149 e. The Labute approximate surface area is 71.4 Å². The smallest absolute Gasteiger partial charge is 0.149 e. The van der Waals surface area contributed by atoms with Crippen molar-refractivity contribution in [2.75, 3.05) is 19.0 Å². The Balaban J connectivity index is 2.87. The second-order valence-corrected chi connectivity index (χ2v) is 2.38. The van der Waals surface area contributed by atoms with E-state index in [9.17, 15) is 4.39 Å². The third kappa shape index (κ3) is 1.87. The van der Waals surface area contributed by atoms with Gasteiger partial charge in [-0.3, -0.25) is 0 Å². The van der Waals surface area contributed by atoms with Crippen molar-refractivity contribution in [1.82, 2.24) is 0 Å². The standard InChI is InChI=1S/C9H12FNO/c1-3-11-9-5-4-7(12-2)6-8(9)10/h4-6,11H,3H2,1-2H3. The van der Waals surface area contributed by atoms with Crippen LogP contribution in [0.2, 0.25) is 0 Å². The van der Waals surface area contributed by atoms with E-state index in [1.54, 1.807) is 12.1 Å². The molecular weight excluding hydrogens is 157 g/mol. The number of anilines is 1. The Kier molecular flexibility index (Phi) is 2.91. The van der Waals surface area contributed by atoms with Crippen LogP contribution in [0.3, 0.4) is 0 Å². The predicted molar refractivity (Wildman–Crippen MR) is 47.1 cm³/mol. The lowest BCUT2D eigenvalue weighted by molar-refractivity contribution is 0.411. The van der Waals surface area contributed by atoms with Gasteiger partial charge in [-0.05, 0) is 19.1 Å². The van der Waals surface area contributed by atoms with E-state index in [0.29, 0.717) is 18.0 Å². The van der Waals surface area contributed by atoms with Gasteiger partial charge in [-0.2, -0.15) is 0 Å². The summed E-state index contributed by atoms with van der Waals surface area (Å²) in [5.74, 6) is 0.255. The maximum atomic E-state index is 13.1. The summed E-state index contributed by atoms with van der Waals surface area (Å²) in [5, 5.41) is 2.90. The zero-order valence-corrected chi connectivity index (χ0v) is 7.23. The van der Waals surface area contributed by atoms with Crippen molar-refractivity contribution < 1.29 is 9.13 Å². The minimum Gasteiger partial charge on any atom is -0.497 e. The van der Waals surface area contributed by atoms with Crippen LogP contribution < -0.4 is 10.1 Å². The van der Waals surface area contributed by atoms with Crippen molar-refractivity contribution in [3.8, 4) is 5.75 Å². The normalized spacial score (nSPS) is 9.58. The molecule has 0 amide bonds. The van der Waals surface area contributed by atoms with Crippen molar-refractivity contribution in [2.24, 2.45) is 0 Å². The van der Waals surface area contributed by atoms with Gasteiger partial charge >= 0.3 is 0 Å². The molecular formula is C9H12FNO. The molecule has 2 nitrogen and oxygen atoms in total. The largest absolute Gasteiger partial charge is 0.497 e. The van der Waals surface area contributed by atoms with Crippen LogP contribution in [0.5, 0.6) is 5.75 Å². The summed E-state index contributed by atoms with van der Waals surface area (Å²) in [6, 6.07) is 4.75. The third-order valence-electron chi connectivity index (χ3n) is 1.54. The SMILES string of the molecule is CCNc1ccc(OC)cc1F. The molecule has 0 spiro atoms. The van der Waals surface area contributed by atoms with Crippen LogP contribution in [0.4, 0.5) is 10.1 Å². The van der Waals surface area contributed by atoms with Crippen LogP contribution >= 0.6 is 0 Å². The van der Waals surface area contributed by atoms with E-state index >= 15 is 0 Å². The molecule has 0 radical (unpaired) electrons. The number of methoxy groups -OCH3 is 1. The molecule has 12 heavy (non-hydrogen) atoms. The molecule has 3 heteroatoms. The van der Waals surface area contributed by atoms with Gasteiger partial charge < -0.3 is 10.1 Å². The van der Waals surface area contributed by atoms with Crippen LogP contribution in [-0.2, 0) is 0 Å². The Morgan fingerprint density at radius 2 is 2.25 bits per heavy atom. The third-order valence-corrected chi connectivity index (χ3v) is 1.54. The van der Waals surface area contributed by atoms with E-state index in [0.717, 1.165) is 0 Å². The highest BCUT2D eigenvalue weighted by atomic mass is 19.1. The monoisotopic (exact) mass is 169 g/mol. The topological polar surface area (TPSA) is 21.3 Å². The van der Waals surface area contributed by atoms with Gasteiger partial charge in [-0.15, -0.1) is 0 Å². The van der Waals surface area contributed by atoms with Gasteiger partial charge in [0.2, 0.25) is 0 Å². The van der Waals surface area contributed by atoms with E-state index in [2.05, 4.69) is 5.32 Å². The fraction of sp³-hybridized carbons (Fsp3) is 0.333. The summed E-state index contributed by atoms with van der Waals surface area (Å²) < 4.78 is 17.9. The zero-order chi connectivity index (χ0) is 8.97.